The van der Waals surface area contributed by atoms with E-state index in [1.165, 1.54) is 81.5 Å². The Labute approximate surface area is 307 Å². The summed E-state index contributed by atoms with van der Waals surface area (Å²) in [7, 11) is 0. The van der Waals surface area contributed by atoms with Gasteiger partial charge in [-0.05, 0) is 149 Å². The van der Waals surface area contributed by atoms with E-state index < -0.39 is 5.41 Å². The zero-order valence-corrected chi connectivity index (χ0v) is 29.6. The third-order valence-electron chi connectivity index (χ3n) is 10.2. The van der Waals surface area contributed by atoms with Gasteiger partial charge in [-0.1, -0.05) is 152 Å². The average Bonchev–Trinajstić information content (AvgIpc) is 3.49. The molecule has 0 heterocycles. The molecule has 8 aromatic carbocycles. The van der Waals surface area contributed by atoms with Gasteiger partial charge in [-0.25, -0.2) is 0 Å². The molecule has 0 radical (unpaired) electrons. The van der Waals surface area contributed by atoms with Gasteiger partial charge in [0, 0.05) is 3.57 Å². The van der Waals surface area contributed by atoms with E-state index in [2.05, 4.69) is 223 Å². The summed E-state index contributed by atoms with van der Waals surface area (Å²) in [5, 5.41) is 0. The van der Waals surface area contributed by atoms with Crippen LogP contribution < -0.4 is 0 Å². The second kappa shape index (κ2) is 12.7. The van der Waals surface area contributed by atoms with Gasteiger partial charge in [-0.2, -0.15) is 0 Å². The summed E-state index contributed by atoms with van der Waals surface area (Å²) in [6.45, 7) is 0. The Balaban J connectivity index is 1.45. The van der Waals surface area contributed by atoms with Gasteiger partial charge in [0.1, 0.15) is 0 Å². The zero-order chi connectivity index (χ0) is 33.5. The smallest absolute Gasteiger partial charge is 0.0622 e. The Kier molecular flexibility index (Phi) is 7.78. The molecular formula is C49H33I. The molecule has 0 saturated carbocycles. The Morgan fingerprint density at radius 2 is 0.640 bits per heavy atom. The molecule has 8 aromatic rings. The third kappa shape index (κ3) is 5.21. The van der Waals surface area contributed by atoms with Crippen LogP contribution in [0.2, 0.25) is 0 Å². The molecule has 0 N–H and O–H groups in total. The first-order valence-electron chi connectivity index (χ1n) is 17.1. The second-order valence-corrected chi connectivity index (χ2v) is 14.3. The van der Waals surface area contributed by atoms with Crippen LogP contribution in [0.1, 0.15) is 22.3 Å². The minimum Gasteiger partial charge on any atom is -0.0622 e. The van der Waals surface area contributed by atoms with Crippen molar-refractivity contribution in [2.24, 2.45) is 0 Å². The molecule has 0 nitrogen and oxygen atoms in total. The Hall–Kier alpha value is -5.51. The standard InChI is InChI=1S/C49H33I/c50-44-25-26-46-45-23-13-14-24-47(45)49(48(46)33-44,42-29-38(34-15-5-1-6-16-34)27-39(30-42)35-17-7-2-8-18-35)43-31-40(36-19-9-3-10-20-36)28-41(32-43)37-21-11-4-12-22-37/h1-33H. The zero-order valence-electron chi connectivity index (χ0n) is 27.4. The molecule has 0 aliphatic heterocycles. The molecule has 0 aromatic heterocycles. The van der Waals surface area contributed by atoms with E-state index in [9.17, 15) is 0 Å². The van der Waals surface area contributed by atoms with Gasteiger partial charge < -0.3 is 0 Å². The predicted molar refractivity (Wildman–Crippen MR) is 218 cm³/mol. The van der Waals surface area contributed by atoms with E-state index in [-0.39, 0.29) is 0 Å². The summed E-state index contributed by atoms with van der Waals surface area (Å²) in [5.74, 6) is 0. The maximum Gasteiger partial charge on any atom is 0.0714 e. The van der Waals surface area contributed by atoms with E-state index in [1.807, 2.05) is 0 Å². The van der Waals surface area contributed by atoms with Crippen molar-refractivity contribution in [3.8, 4) is 55.6 Å². The predicted octanol–water partition coefficient (Wildman–Crippen LogP) is 13.3. The molecule has 0 bridgehead atoms. The van der Waals surface area contributed by atoms with Crippen LogP contribution in [0.25, 0.3) is 55.6 Å². The van der Waals surface area contributed by atoms with Crippen molar-refractivity contribution >= 4 is 22.6 Å². The highest BCUT2D eigenvalue weighted by molar-refractivity contribution is 14.1. The number of halogens is 1. The SMILES string of the molecule is Ic1ccc2c(c1)C(c1cc(-c3ccccc3)cc(-c3ccccc3)c1)(c1cc(-c3ccccc3)cc(-c3ccccc3)c1)c1ccccc1-2. The fourth-order valence-corrected chi connectivity index (χ4v) is 8.41. The van der Waals surface area contributed by atoms with E-state index in [0.29, 0.717) is 0 Å². The maximum atomic E-state index is 2.49. The van der Waals surface area contributed by atoms with Crippen molar-refractivity contribution in [1.82, 2.24) is 0 Å². The van der Waals surface area contributed by atoms with Crippen LogP contribution in [-0.2, 0) is 5.41 Å². The summed E-state index contributed by atoms with van der Waals surface area (Å²) in [6.07, 6.45) is 0. The third-order valence-corrected chi connectivity index (χ3v) is 10.8. The molecule has 0 saturated heterocycles. The molecule has 236 valence electrons. The molecule has 1 heteroatoms. The minimum atomic E-state index is -0.588. The molecule has 1 aliphatic carbocycles. The van der Waals surface area contributed by atoms with Crippen LogP contribution >= 0.6 is 22.6 Å². The molecule has 0 amide bonds. The normalized spacial score (nSPS) is 12.7. The lowest BCUT2D eigenvalue weighted by atomic mass is 9.66. The summed E-state index contributed by atoms with van der Waals surface area (Å²) in [4.78, 5) is 0. The average molecular weight is 749 g/mol. The molecule has 50 heavy (non-hydrogen) atoms. The lowest BCUT2D eigenvalue weighted by Gasteiger charge is -2.35. The molecular weight excluding hydrogens is 715 g/mol. The van der Waals surface area contributed by atoms with E-state index in [1.54, 1.807) is 0 Å². The first-order valence-corrected chi connectivity index (χ1v) is 18.2. The number of fused-ring (bicyclic) bond motifs is 3. The molecule has 0 atom stereocenters. The topological polar surface area (TPSA) is 0 Å². The van der Waals surface area contributed by atoms with Crippen LogP contribution in [0.5, 0.6) is 0 Å². The summed E-state index contributed by atoms with van der Waals surface area (Å²) < 4.78 is 1.23. The number of hydrogen-bond acceptors (Lipinski definition) is 0. The van der Waals surface area contributed by atoms with Gasteiger partial charge in [0.05, 0.1) is 5.41 Å². The number of rotatable bonds is 6. The molecule has 0 unspecified atom stereocenters. The van der Waals surface area contributed by atoms with Crippen molar-refractivity contribution in [2.45, 2.75) is 5.41 Å². The largest absolute Gasteiger partial charge is 0.0714 e. The van der Waals surface area contributed by atoms with Gasteiger partial charge in [-0.3, -0.25) is 0 Å². The number of hydrogen-bond donors (Lipinski definition) is 0. The van der Waals surface area contributed by atoms with Gasteiger partial charge in [0.15, 0.2) is 0 Å². The fraction of sp³-hybridized carbons (Fsp3) is 0.0204. The lowest BCUT2D eigenvalue weighted by Crippen LogP contribution is -2.29. The van der Waals surface area contributed by atoms with Gasteiger partial charge in [0.2, 0.25) is 0 Å². The van der Waals surface area contributed by atoms with Crippen LogP contribution in [-0.4, -0.2) is 0 Å². The van der Waals surface area contributed by atoms with Crippen molar-refractivity contribution in [2.75, 3.05) is 0 Å². The highest BCUT2D eigenvalue weighted by atomic mass is 127. The van der Waals surface area contributed by atoms with Crippen molar-refractivity contribution in [3.05, 3.63) is 226 Å². The van der Waals surface area contributed by atoms with Gasteiger partial charge >= 0.3 is 0 Å². The quantitative estimate of drug-likeness (QED) is 0.149. The molecule has 0 fully saturated rings. The molecule has 9 rings (SSSR count). The van der Waals surface area contributed by atoms with Crippen LogP contribution in [0.15, 0.2) is 200 Å². The fourth-order valence-electron chi connectivity index (χ4n) is 7.92. The summed E-state index contributed by atoms with van der Waals surface area (Å²) in [5.41, 5.74) is 16.8. The highest BCUT2D eigenvalue weighted by Gasteiger charge is 2.47. The van der Waals surface area contributed by atoms with Gasteiger partial charge in [-0.15, -0.1) is 0 Å². The van der Waals surface area contributed by atoms with Crippen LogP contribution in [0.4, 0.5) is 0 Å². The van der Waals surface area contributed by atoms with Crippen molar-refractivity contribution in [3.63, 3.8) is 0 Å². The van der Waals surface area contributed by atoms with Crippen LogP contribution in [0, 0.1) is 3.57 Å². The van der Waals surface area contributed by atoms with E-state index in [4.69, 9.17) is 0 Å². The lowest BCUT2D eigenvalue weighted by molar-refractivity contribution is 0.769. The first-order chi connectivity index (χ1) is 24.7. The summed E-state index contributed by atoms with van der Waals surface area (Å²) in [6, 6.07) is 73.8. The van der Waals surface area contributed by atoms with E-state index in [0.717, 1.165) is 0 Å². The van der Waals surface area contributed by atoms with Crippen molar-refractivity contribution < 1.29 is 0 Å². The maximum absolute atomic E-state index is 2.49. The van der Waals surface area contributed by atoms with Crippen LogP contribution in [0.3, 0.4) is 0 Å². The minimum absolute atomic E-state index is 0.588. The summed E-state index contributed by atoms with van der Waals surface area (Å²) >= 11 is 2.49. The Morgan fingerprint density at radius 1 is 0.280 bits per heavy atom. The van der Waals surface area contributed by atoms with E-state index >= 15 is 0 Å². The highest BCUT2D eigenvalue weighted by Crippen LogP contribution is 2.58. The first kappa shape index (κ1) is 30.5. The molecule has 1 aliphatic rings. The molecule has 0 spiro atoms. The second-order valence-electron chi connectivity index (χ2n) is 13.0. The Bertz CT molecular complexity index is 2220. The monoisotopic (exact) mass is 748 g/mol. The Morgan fingerprint density at radius 3 is 1.06 bits per heavy atom. The number of benzene rings is 8. The van der Waals surface area contributed by atoms with Crippen molar-refractivity contribution in [1.29, 1.82) is 0 Å². The van der Waals surface area contributed by atoms with Gasteiger partial charge in [0.25, 0.3) is 0 Å².